The van der Waals surface area contributed by atoms with E-state index >= 15 is 0 Å². The van der Waals surface area contributed by atoms with Crippen LogP contribution in [-0.4, -0.2) is 4.57 Å². The lowest BCUT2D eigenvalue weighted by Crippen LogP contribution is -1.86. The topological polar surface area (TPSA) is 18.1 Å². The predicted octanol–water partition coefficient (Wildman–Crippen LogP) is 6.90. The molecule has 2 aromatic heterocycles. The van der Waals surface area contributed by atoms with Crippen LogP contribution in [0.15, 0.2) is 89.3 Å². The molecule has 4 aromatic carbocycles. The van der Waals surface area contributed by atoms with Crippen LogP contribution in [0.4, 0.5) is 0 Å². The quantitative estimate of drug-likeness (QED) is 0.316. The fraction of sp³-hybridized carbons (Fsp3) is 0.0400. The number of para-hydroxylation sites is 2. The highest BCUT2D eigenvalue weighted by atomic mass is 16.3. The molecule has 0 fully saturated rings. The maximum Gasteiger partial charge on any atom is 0.136 e. The van der Waals surface area contributed by atoms with Crippen LogP contribution < -0.4 is 0 Å². The van der Waals surface area contributed by atoms with Gasteiger partial charge < -0.3 is 8.98 Å². The largest absolute Gasteiger partial charge is 0.456 e. The summed E-state index contributed by atoms with van der Waals surface area (Å²) in [4.78, 5) is 0. The van der Waals surface area contributed by atoms with Crippen LogP contribution in [0.1, 0.15) is 0 Å². The molecule has 128 valence electrons. The van der Waals surface area contributed by atoms with Gasteiger partial charge in [-0.15, -0.1) is 0 Å². The van der Waals surface area contributed by atoms with Crippen molar-refractivity contribution in [3.8, 4) is 11.1 Å². The summed E-state index contributed by atoms with van der Waals surface area (Å²) in [5, 5.41) is 4.94. The van der Waals surface area contributed by atoms with Crippen molar-refractivity contribution in [1.29, 1.82) is 0 Å². The van der Waals surface area contributed by atoms with Crippen LogP contribution in [-0.2, 0) is 7.05 Å². The van der Waals surface area contributed by atoms with Crippen LogP contribution in [0.2, 0.25) is 0 Å². The fourth-order valence-corrected chi connectivity index (χ4v) is 4.43. The minimum atomic E-state index is 0.935. The molecule has 2 nitrogen and oxygen atoms in total. The normalized spacial score (nSPS) is 11.9. The first-order chi connectivity index (χ1) is 13.3. The van der Waals surface area contributed by atoms with Gasteiger partial charge in [0.25, 0.3) is 0 Å². The highest BCUT2D eigenvalue weighted by Crippen LogP contribution is 2.41. The molecule has 2 heteroatoms. The Kier molecular flexibility index (Phi) is 2.84. The molecule has 0 saturated carbocycles. The molecule has 0 radical (unpaired) electrons. The number of furan rings is 1. The van der Waals surface area contributed by atoms with Crippen molar-refractivity contribution >= 4 is 43.7 Å². The summed E-state index contributed by atoms with van der Waals surface area (Å²) in [5.41, 5.74) is 6.85. The molecule has 0 unspecified atom stereocenters. The average Bonchev–Trinajstić information content (AvgIpc) is 3.24. The zero-order valence-electron chi connectivity index (χ0n) is 14.9. The van der Waals surface area contributed by atoms with Crippen LogP contribution >= 0.6 is 0 Å². The van der Waals surface area contributed by atoms with E-state index in [4.69, 9.17) is 4.42 Å². The molecule has 0 spiro atoms. The van der Waals surface area contributed by atoms with E-state index in [1.54, 1.807) is 0 Å². The smallest absolute Gasteiger partial charge is 0.136 e. The van der Waals surface area contributed by atoms with E-state index in [2.05, 4.69) is 84.4 Å². The molecule has 27 heavy (non-hydrogen) atoms. The van der Waals surface area contributed by atoms with Crippen molar-refractivity contribution in [3.05, 3.63) is 84.9 Å². The van der Waals surface area contributed by atoms with Crippen molar-refractivity contribution in [3.63, 3.8) is 0 Å². The maximum absolute atomic E-state index is 6.11. The van der Waals surface area contributed by atoms with E-state index in [1.165, 1.54) is 43.7 Å². The van der Waals surface area contributed by atoms with Gasteiger partial charge >= 0.3 is 0 Å². The molecular formula is C25H17NO. The molecule has 0 saturated heterocycles. The third-order valence-corrected chi connectivity index (χ3v) is 5.63. The lowest BCUT2D eigenvalue weighted by molar-refractivity contribution is 0.669. The summed E-state index contributed by atoms with van der Waals surface area (Å²) in [6.07, 6.45) is 0. The highest BCUT2D eigenvalue weighted by molar-refractivity contribution is 6.20. The second-order valence-electron chi connectivity index (χ2n) is 7.05. The van der Waals surface area contributed by atoms with Gasteiger partial charge in [-0.2, -0.15) is 0 Å². The van der Waals surface area contributed by atoms with Gasteiger partial charge in [-0.3, -0.25) is 0 Å². The molecule has 0 atom stereocenters. The Hall–Kier alpha value is -3.52. The van der Waals surface area contributed by atoms with Gasteiger partial charge in [0.2, 0.25) is 0 Å². The Balaban J connectivity index is 1.83. The Labute approximate surface area is 156 Å². The fourth-order valence-electron chi connectivity index (χ4n) is 4.43. The van der Waals surface area contributed by atoms with Crippen molar-refractivity contribution in [2.45, 2.75) is 0 Å². The first-order valence-corrected chi connectivity index (χ1v) is 9.20. The Morgan fingerprint density at radius 2 is 1.19 bits per heavy atom. The number of rotatable bonds is 1. The summed E-state index contributed by atoms with van der Waals surface area (Å²) in [5.74, 6) is 0. The van der Waals surface area contributed by atoms with Crippen molar-refractivity contribution in [1.82, 2.24) is 4.57 Å². The number of nitrogens with zero attached hydrogens (tertiary/aromatic N) is 1. The molecule has 0 aliphatic carbocycles. The number of fused-ring (bicyclic) bond motifs is 6. The number of benzene rings is 4. The molecule has 2 heterocycles. The van der Waals surface area contributed by atoms with E-state index in [1.807, 2.05) is 12.1 Å². The minimum Gasteiger partial charge on any atom is -0.456 e. The monoisotopic (exact) mass is 347 g/mol. The summed E-state index contributed by atoms with van der Waals surface area (Å²) in [6.45, 7) is 0. The highest BCUT2D eigenvalue weighted by Gasteiger charge is 2.17. The number of hydrogen-bond donors (Lipinski definition) is 0. The van der Waals surface area contributed by atoms with Crippen molar-refractivity contribution < 1.29 is 4.42 Å². The van der Waals surface area contributed by atoms with Gasteiger partial charge in [-0.1, -0.05) is 60.7 Å². The summed E-state index contributed by atoms with van der Waals surface area (Å²) < 4.78 is 8.39. The maximum atomic E-state index is 6.11. The van der Waals surface area contributed by atoms with Crippen LogP contribution in [0.3, 0.4) is 0 Å². The third kappa shape index (κ3) is 1.90. The van der Waals surface area contributed by atoms with Crippen LogP contribution in [0, 0.1) is 0 Å². The molecule has 0 aliphatic rings. The standard InChI is InChI=1S/C25H17NO/c1-26-20-12-4-2-8-18(20)24-16(10-6-13-21(24)26)17-11-7-15-23-25(17)19-9-3-5-14-22(19)27-23/h2-15H,1H3. The summed E-state index contributed by atoms with van der Waals surface area (Å²) in [7, 11) is 2.14. The summed E-state index contributed by atoms with van der Waals surface area (Å²) in [6, 6.07) is 29.8. The lowest BCUT2D eigenvalue weighted by atomic mass is 9.95. The van der Waals surface area contributed by atoms with E-state index < -0.39 is 0 Å². The zero-order chi connectivity index (χ0) is 18.0. The van der Waals surface area contributed by atoms with Gasteiger partial charge in [0.1, 0.15) is 11.2 Å². The van der Waals surface area contributed by atoms with Gasteiger partial charge in [0.15, 0.2) is 0 Å². The number of aromatic nitrogens is 1. The second kappa shape index (κ2) is 5.24. The number of hydrogen-bond acceptors (Lipinski definition) is 1. The zero-order valence-corrected chi connectivity index (χ0v) is 14.9. The predicted molar refractivity (Wildman–Crippen MR) is 113 cm³/mol. The Morgan fingerprint density at radius 1 is 0.556 bits per heavy atom. The first-order valence-electron chi connectivity index (χ1n) is 9.20. The minimum absolute atomic E-state index is 0.935. The van der Waals surface area contributed by atoms with Crippen LogP contribution in [0.5, 0.6) is 0 Å². The third-order valence-electron chi connectivity index (χ3n) is 5.63. The Bertz CT molecular complexity index is 1480. The molecule has 0 N–H and O–H groups in total. The van der Waals surface area contributed by atoms with Gasteiger partial charge in [0, 0.05) is 39.6 Å². The first kappa shape index (κ1) is 14.6. The summed E-state index contributed by atoms with van der Waals surface area (Å²) >= 11 is 0. The molecule has 6 aromatic rings. The van der Waals surface area contributed by atoms with E-state index in [0.29, 0.717) is 0 Å². The molecule has 6 rings (SSSR count). The molecule has 0 amide bonds. The van der Waals surface area contributed by atoms with Gasteiger partial charge in [0.05, 0.1) is 0 Å². The molecular weight excluding hydrogens is 330 g/mol. The lowest BCUT2D eigenvalue weighted by Gasteiger charge is -2.07. The molecule has 0 aliphatic heterocycles. The van der Waals surface area contributed by atoms with E-state index in [9.17, 15) is 0 Å². The van der Waals surface area contributed by atoms with E-state index in [0.717, 1.165) is 11.2 Å². The van der Waals surface area contributed by atoms with Crippen molar-refractivity contribution in [2.75, 3.05) is 0 Å². The average molecular weight is 347 g/mol. The number of aryl methyl sites for hydroxylation is 1. The van der Waals surface area contributed by atoms with Gasteiger partial charge in [-0.25, -0.2) is 0 Å². The Morgan fingerprint density at radius 3 is 2.07 bits per heavy atom. The van der Waals surface area contributed by atoms with Gasteiger partial charge in [-0.05, 0) is 35.4 Å². The second-order valence-corrected chi connectivity index (χ2v) is 7.05. The molecule has 0 bridgehead atoms. The van der Waals surface area contributed by atoms with Crippen LogP contribution in [0.25, 0.3) is 54.9 Å². The SMILES string of the molecule is Cn1c2ccccc2c2c(-c3cccc4oc5ccccc5c34)cccc21. The van der Waals surface area contributed by atoms with Crippen molar-refractivity contribution in [2.24, 2.45) is 7.05 Å². The van der Waals surface area contributed by atoms with E-state index in [-0.39, 0.29) is 0 Å².